The van der Waals surface area contributed by atoms with E-state index in [0.717, 1.165) is 13.0 Å². The number of para-hydroxylation sites is 1. The van der Waals surface area contributed by atoms with Crippen molar-refractivity contribution in [2.24, 2.45) is 0 Å². The van der Waals surface area contributed by atoms with Crippen LogP contribution in [0.25, 0.3) is 16.5 Å². The number of carboxylic acids is 1. The summed E-state index contributed by atoms with van der Waals surface area (Å²) in [7, 11) is 0. The Bertz CT molecular complexity index is 1340. The zero-order chi connectivity index (χ0) is 21.5. The van der Waals surface area contributed by atoms with Crippen LogP contribution in [0.15, 0.2) is 70.8 Å². The minimum absolute atomic E-state index is 0.155. The maximum absolute atomic E-state index is 13.6. The summed E-state index contributed by atoms with van der Waals surface area (Å²) in [6, 6.07) is 18.6. The SMILES string of the molecule is CC1c2ccsc2CCN1Cc1c(C(=O)O)c2ccccc2c(=O)n1-c1ccccc1. The van der Waals surface area contributed by atoms with E-state index in [2.05, 4.69) is 23.3 Å². The third-order valence-electron chi connectivity index (χ3n) is 6.17. The Morgan fingerprint density at radius 2 is 1.77 bits per heavy atom. The summed E-state index contributed by atoms with van der Waals surface area (Å²) in [5.74, 6) is -1.02. The zero-order valence-electron chi connectivity index (χ0n) is 17.1. The molecule has 0 amide bonds. The first kappa shape index (κ1) is 19.7. The number of hydrogen-bond donors (Lipinski definition) is 1. The number of fused-ring (bicyclic) bond motifs is 2. The highest BCUT2D eigenvalue weighted by atomic mass is 32.1. The maximum atomic E-state index is 13.6. The number of hydrogen-bond acceptors (Lipinski definition) is 4. The predicted molar refractivity (Wildman–Crippen MR) is 123 cm³/mol. The molecule has 0 aliphatic carbocycles. The van der Waals surface area contributed by atoms with Crippen molar-refractivity contribution < 1.29 is 9.90 Å². The Morgan fingerprint density at radius 3 is 2.52 bits per heavy atom. The summed E-state index contributed by atoms with van der Waals surface area (Å²) in [5.41, 5.74) is 2.50. The van der Waals surface area contributed by atoms with Crippen LogP contribution in [0, 0.1) is 0 Å². The highest BCUT2D eigenvalue weighted by Gasteiger charge is 2.29. The van der Waals surface area contributed by atoms with E-state index in [9.17, 15) is 14.7 Å². The van der Waals surface area contributed by atoms with Crippen molar-refractivity contribution in [2.45, 2.75) is 25.9 Å². The van der Waals surface area contributed by atoms with Gasteiger partial charge in [0.15, 0.2) is 0 Å². The number of pyridine rings is 1. The molecule has 0 saturated heterocycles. The van der Waals surface area contributed by atoms with Gasteiger partial charge >= 0.3 is 5.97 Å². The van der Waals surface area contributed by atoms with Gasteiger partial charge in [0.05, 0.1) is 11.3 Å². The molecular weight excluding hydrogens is 408 g/mol. The van der Waals surface area contributed by atoms with Gasteiger partial charge in [-0.15, -0.1) is 11.3 Å². The fraction of sp³-hybridized carbons (Fsp3) is 0.200. The molecule has 2 aromatic carbocycles. The molecule has 2 aromatic heterocycles. The van der Waals surface area contributed by atoms with Crippen LogP contribution in [0.2, 0.25) is 0 Å². The van der Waals surface area contributed by atoms with Gasteiger partial charge < -0.3 is 5.11 Å². The molecule has 1 unspecified atom stereocenters. The van der Waals surface area contributed by atoms with Crippen LogP contribution >= 0.6 is 11.3 Å². The first-order valence-electron chi connectivity index (χ1n) is 10.3. The van der Waals surface area contributed by atoms with E-state index in [-0.39, 0.29) is 17.2 Å². The minimum atomic E-state index is -1.02. The Hall–Kier alpha value is -3.22. The molecular formula is C25H22N2O3S. The summed E-state index contributed by atoms with van der Waals surface area (Å²) in [5, 5.41) is 13.2. The number of carboxylic acid groups (broad SMARTS) is 1. The van der Waals surface area contributed by atoms with Crippen LogP contribution < -0.4 is 5.56 Å². The standard InChI is InChI=1S/C25H22N2O3S/c1-16-18-12-14-31-22(18)11-13-26(16)15-21-23(25(29)30)19-9-5-6-10-20(19)24(28)27(21)17-7-3-2-4-8-17/h2-10,12,14,16H,11,13,15H2,1H3,(H,29,30). The maximum Gasteiger partial charge on any atom is 0.338 e. The molecule has 4 aromatic rings. The zero-order valence-corrected chi connectivity index (χ0v) is 17.9. The molecule has 0 saturated carbocycles. The lowest BCUT2D eigenvalue weighted by atomic mass is 9.99. The molecule has 0 spiro atoms. The van der Waals surface area contributed by atoms with Crippen molar-refractivity contribution in [3.05, 3.63) is 98.1 Å². The van der Waals surface area contributed by atoms with Crippen molar-refractivity contribution in [3.8, 4) is 5.69 Å². The first-order valence-corrected chi connectivity index (χ1v) is 11.2. The van der Waals surface area contributed by atoms with Gasteiger partial charge in [-0.2, -0.15) is 0 Å². The number of benzene rings is 2. The van der Waals surface area contributed by atoms with Gasteiger partial charge in [0.25, 0.3) is 5.56 Å². The van der Waals surface area contributed by atoms with Gasteiger partial charge in [-0.1, -0.05) is 36.4 Å². The molecule has 1 atom stereocenters. The van der Waals surface area contributed by atoms with E-state index in [0.29, 0.717) is 28.7 Å². The molecule has 31 heavy (non-hydrogen) atoms. The van der Waals surface area contributed by atoms with E-state index in [1.807, 2.05) is 30.3 Å². The summed E-state index contributed by atoms with van der Waals surface area (Å²) < 4.78 is 1.58. The molecule has 5 rings (SSSR count). The van der Waals surface area contributed by atoms with Gasteiger partial charge in [0, 0.05) is 40.5 Å². The fourth-order valence-corrected chi connectivity index (χ4v) is 5.57. The second-order valence-electron chi connectivity index (χ2n) is 7.84. The molecule has 3 heterocycles. The summed E-state index contributed by atoms with van der Waals surface area (Å²) in [6.45, 7) is 3.35. The number of carbonyl (C=O) groups is 1. The van der Waals surface area contributed by atoms with Crippen LogP contribution in [0.4, 0.5) is 0 Å². The third kappa shape index (κ3) is 3.28. The minimum Gasteiger partial charge on any atom is -0.478 e. The highest BCUT2D eigenvalue weighted by Crippen LogP contribution is 2.34. The normalized spacial score (nSPS) is 16.4. The van der Waals surface area contributed by atoms with Crippen molar-refractivity contribution in [1.82, 2.24) is 9.47 Å². The van der Waals surface area contributed by atoms with Crippen molar-refractivity contribution in [1.29, 1.82) is 0 Å². The third-order valence-corrected chi connectivity index (χ3v) is 7.17. The summed E-state index contributed by atoms with van der Waals surface area (Å²) in [4.78, 5) is 29.7. The second-order valence-corrected chi connectivity index (χ2v) is 8.84. The van der Waals surface area contributed by atoms with Crippen molar-refractivity contribution >= 4 is 28.1 Å². The lowest BCUT2D eigenvalue weighted by molar-refractivity contribution is 0.0694. The number of aromatic carboxylic acids is 1. The number of thiophene rings is 1. The van der Waals surface area contributed by atoms with Gasteiger partial charge in [0.1, 0.15) is 0 Å². The predicted octanol–water partition coefficient (Wildman–Crippen LogP) is 4.87. The van der Waals surface area contributed by atoms with Gasteiger partial charge in [-0.05, 0) is 48.6 Å². The van der Waals surface area contributed by atoms with Crippen LogP contribution in [0.5, 0.6) is 0 Å². The monoisotopic (exact) mass is 430 g/mol. The fourth-order valence-electron chi connectivity index (χ4n) is 4.61. The smallest absolute Gasteiger partial charge is 0.338 e. The Balaban J connectivity index is 1.75. The molecule has 1 aliphatic heterocycles. The molecule has 0 fully saturated rings. The Labute approximate surface area is 183 Å². The van der Waals surface area contributed by atoms with Gasteiger partial charge in [0.2, 0.25) is 0 Å². The molecule has 1 N–H and O–H groups in total. The van der Waals surface area contributed by atoms with Crippen molar-refractivity contribution in [2.75, 3.05) is 6.54 Å². The van der Waals surface area contributed by atoms with E-state index in [1.165, 1.54) is 10.4 Å². The van der Waals surface area contributed by atoms with Crippen LogP contribution in [-0.2, 0) is 13.0 Å². The van der Waals surface area contributed by atoms with Crippen LogP contribution in [0.3, 0.4) is 0 Å². The molecule has 1 aliphatic rings. The topological polar surface area (TPSA) is 62.5 Å². The van der Waals surface area contributed by atoms with E-state index in [1.54, 1.807) is 40.2 Å². The molecule has 0 bridgehead atoms. The number of nitrogens with zero attached hydrogens (tertiary/aromatic N) is 2. The van der Waals surface area contributed by atoms with Gasteiger partial charge in [-0.25, -0.2) is 4.79 Å². The Morgan fingerprint density at radius 1 is 1.06 bits per heavy atom. The molecule has 5 nitrogen and oxygen atoms in total. The summed E-state index contributed by atoms with van der Waals surface area (Å²) in [6.07, 6.45) is 0.933. The Kier molecular flexibility index (Phi) is 4.96. The van der Waals surface area contributed by atoms with E-state index in [4.69, 9.17) is 0 Å². The molecule has 6 heteroatoms. The quantitative estimate of drug-likeness (QED) is 0.502. The average molecular weight is 431 g/mol. The lowest BCUT2D eigenvalue weighted by Crippen LogP contribution is -2.36. The second kappa shape index (κ2) is 7.80. The van der Waals surface area contributed by atoms with Crippen molar-refractivity contribution in [3.63, 3.8) is 0 Å². The van der Waals surface area contributed by atoms with E-state index < -0.39 is 5.97 Å². The van der Waals surface area contributed by atoms with Gasteiger partial charge in [-0.3, -0.25) is 14.3 Å². The molecule has 0 radical (unpaired) electrons. The molecule has 156 valence electrons. The first-order chi connectivity index (χ1) is 15.1. The summed E-state index contributed by atoms with van der Waals surface area (Å²) >= 11 is 1.77. The van der Waals surface area contributed by atoms with Crippen LogP contribution in [-0.4, -0.2) is 27.1 Å². The average Bonchev–Trinajstić information content (AvgIpc) is 3.26. The largest absolute Gasteiger partial charge is 0.478 e. The van der Waals surface area contributed by atoms with Crippen LogP contribution in [0.1, 0.15) is 39.5 Å². The number of aromatic nitrogens is 1. The van der Waals surface area contributed by atoms with E-state index >= 15 is 0 Å². The lowest BCUT2D eigenvalue weighted by Gasteiger charge is -2.34. The number of rotatable bonds is 4. The highest BCUT2D eigenvalue weighted by molar-refractivity contribution is 7.10.